The van der Waals surface area contributed by atoms with E-state index in [1.165, 1.54) is 7.11 Å². The molecule has 0 saturated heterocycles. The minimum absolute atomic E-state index is 0. The molecule has 1 heterocycles. The average molecular weight is 316 g/mol. The van der Waals surface area contributed by atoms with Crippen LogP contribution in [0.5, 0.6) is 11.5 Å². The molecule has 3 rings (SSSR count). The lowest BCUT2D eigenvalue weighted by molar-refractivity contribution is 0.0733. The Morgan fingerprint density at radius 3 is 2.50 bits per heavy atom. The van der Waals surface area contributed by atoms with Crippen LogP contribution in [-0.4, -0.2) is 18.1 Å². The van der Waals surface area contributed by atoms with E-state index >= 15 is 0 Å². The molecule has 0 bridgehead atoms. The maximum Gasteiger partial charge on any atom is 0.347 e. The van der Waals surface area contributed by atoms with Gasteiger partial charge in [0.05, 0.1) is 7.11 Å². The first-order chi connectivity index (χ1) is 10.3. The quantitative estimate of drug-likeness (QED) is 0.543. The number of halogens is 1. The fourth-order valence-electron chi connectivity index (χ4n) is 2.13. The van der Waals surface area contributed by atoms with Crippen molar-refractivity contribution in [2.75, 3.05) is 7.11 Å². The molecule has 0 aliphatic rings. The predicted molar refractivity (Wildman–Crippen MR) is 86.9 cm³/mol. The van der Waals surface area contributed by atoms with E-state index in [1.807, 2.05) is 24.3 Å². The standard InChI is InChI=1S/C17H13NO3.ClH/c1-20-14-9-3-2-8-13(14)17(19)21-15-10-4-6-12-7-5-11-18-16(12)15;/h2-11H,1H3;1H. The molecule has 112 valence electrons. The van der Waals surface area contributed by atoms with Gasteiger partial charge in [0, 0.05) is 11.6 Å². The molecule has 0 atom stereocenters. The Kier molecular flexibility index (Phi) is 4.96. The molecule has 0 saturated carbocycles. The highest BCUT2D eigenvalue weighted by molar-refractivity contribution is 5.96. The zero-order valence-electron chi connectivity index (χ0n) is 11.9. The number of methoxy groups -OCH3 is 1. The number of hydrogen-bond donors (Lipinski definition) is 0. The van der Waals surface area contributed by atoms with Crippen LogP contribution in [0.25, 0.3) is 10.9 Å². The zero-order chi connectivity index (χ0) is 14.7. The third kappa shape index (κ3) is 3.02. The van der Waals surface area contributed by atoms with E-state index < -0.39 is 5.97 Å². The lowest BCUT2D eigenvalue weighted by atomic mass is 10.2. The molecule has 0 amide bonds. The predicted octanol–water partition coefficient (Wildman–Crippen LogP) is 3.88. The van der Waals surface area contributed by atoms with Crippen LogP contribution in [0.3, 0.4) is 0 Å². The first kappa shape index (κ1) is 15.8. The van der Waals surface area contributed by atoms with Gasteiger partial charge in [0.15, 0.2) is 5.75 Å². The zero-order valence-corrected chi connectivity index (χ0v) is 12.7. The Labute approximate surface area is 134 Å². The van der Waals surface area contributed by atoms with Crippen molar-refractivity contribution in [3.05, 3.63) is 66.4 Å². The van der Waals surface area contributed by atoms with Gasteiger partial charge in [-0.1, -0.05) is 30.3 Å². The second-order valence-corrected chi connectivity index (χ2v) is 4.42. The molecule has 0 aliphatic carbocycles. The maximum absolute atomic E-state index is 12.3. The number of pyridine rings is 1. The van der Waals surface area contributed by atoms with Crippen LogP contribution >= 0.6 is 12.4 Å². The highest BCUT2D eigenvalue weighted by Gasteiger charge is 2.15. The molecule has 0 N–H and O–H groups in total. The van der Waals surface area contributed by atoms with E-state index in [4.69, 9.17) is 9.47 Å². The van der Waals surface area contributed by atoms with Crippen LogP contribution in [0.1, 0.15) is 10.4 Å². The van der Waals surface area contributed by atoms with Gasteiger partial charge in [-0.05, 0) is 24.3 Å². The van der Waals surface area contributed by atoms with Gasteiger partial charge in [0.2, 0.25) is 0 Å². The van der Waals surface area contributed by atoms with Crippen molar-refractivity contribution in [1.82, 2.24) is 4.98 Å². The summed E-state index contributed by atoms with van der Waals surface area (Å²) in [7, 11) is 1.52. The highest BCUT2D eigenvalue weighted by atomic mass is 35.5. The van der Waals surface area contributed by atoms with Crippen LogP contribution in [-0.2, 0) is 0 Å². The summed E-state index contributed by atoms with van der Waals surface area (Å²) in [6.07, 6.45) is 1.67. The van der Waals surface area contributed by atoms with Crippen LogP contribution in [0.15, 0.2) is 60.8 Å². The summed E-state index contributed by atoms with van der Waals surface area (Å²) in [5, 5.41) is 0.919. The van der Waals surface area contributed by atoms with Crippen molar-refractivity contribution in [1.29, 1.82) is 0 Å². The molecule has 2 aromatic carbocycles. The van der Waals surface area contributed by atoms with Crippen molar-refractivity contribution in [3.8, 4) is 11.5 Å². The van der Waals surface area contributed by atoms with Crippen LogP contribution in [0.4, 0.5) is 0 Å². The SMILES string of the molecule is COc1ccccc1C(=O)Oc1cccc2cccnc12.Cl. The molecular weight excluding hydrogens is 302 g/mol. The van der Waals surface area contributed by atoms with Crippen LogP contribution in [0, 0.1) is 0 Å². The summed E-state index contributed by atoms with van der Waals surface area (Å²) in [5.41, 5.74) is 1.04. The number of nitrogens with zero attached hydrogens (tertiary/aromatic N) is 1. The third-order valence-electron chi connectivity index (χ3n) is 3.13. The summed E-state index contributed by atoms with van der Waals surface area (Å²) >= 11 is 0. The van der Waals surface area contributed by atoms with Gasteiger partial charge in [0.25, 0.3) is 0 Å². The van der Waals surface area contributed by atoms with E-state index in [1.54, 1.807) is 36.5 Å². The van der Waals surface area contributed by atoms with Crippen molar-refractivity contribution >= 4 is 29.3 Å². The third-order valence-corrected chi connectivity index (χ3v) is 3.13. The summed E-state index contributed by atoms with van der Waals surface area (Å²) in [4.78, 5) is 16.6. The molecule has 5 heteroatoms. The van der Waals surface area contributed by atoms with Gasteiger partial charge < -0.3 is 9.47 Å². The van der Waals surface area contributed by atoms with Gasteiger partial charge >= 0.3 is 5.97 Å². The van der Waals surface area contributed by atoms with Crippen molar-refractivity contribution < 1.29 is 14.3 Å². The smallest absolute Gasteiger partial charge is 0.347 e. The fourth-order valence-corrected chi connectivity index (χ4v) is 2.13. The molecule has 4 nitrogen and oxygen atoms in total. The van der Waals surface area contributed by atoms with E-state index in [9.17, 15) is 4.79 Å². The molecule has 0 aliphatic heterocycles. The van der Waals surface area contributed by atoms with Crippen molar-refractivity contribution in [2.24, 2.45) is 0 Å². The molecule has 0 spiro atoms. The van der Waals surface area contributed by atoms with Gasteiger partial charge in [-0.15, -0.1) is 12.4 Å². The molecule has 0 fully saturated rings. The number of hydrogen-bond acceptors (Lipinski definition) is 4. The number of esters is 1. The summed E-state index contributed by atoms with van der Waals surface area (Å²) in [6.45, 7) is 0. The summed E-state index contributed by atoms with van der Waals surface area (Å²) < 4.78 is 10.6. The van der Waals surface area contributed by atoms with Crippen molar-refractivity contribution in [3.63, 3.8) is 0 Å². The monoisotopic (exact) mass is 315 g/mol. The second kappa shape index (κ2) is 6.91. The Hall–Kier alpha value is -2.59. The summed E-state index contributed by atoms with van der Waals surface area (Å²) in [5.74, 6) is 0.449. The topological polar surface area (TPSA) is 48.4 Å². The number of rotatable bonds is 3. The lowest BCUT2D eigenvalue weighted by Gasteiger charge is -2.09. The van der Waals surface area contributed by atoms with Crippen molar-refractivity contribution in [2.45, 2.75) is 0 Å². The lowest BCUT2D eigenvalue weighted by Crippen LogP contribution is -2.10. The van der Waals surface area contributed by atoms with E-state index in [0.29, 0.717) is 22.6 Å². The van der Waals surface area contributed by atoms with Crippen LogP contribution < -0.4 is 9.47 Å². The largest absolute Gasteiger partial charge is 0.496 e. The molecular formula is C17H14ClNO3. The number of benzene rings is 2. The number of carbonyl (C=O) groups excluding carboxylic acids is 1. The van der Waals surface area contributed by atoms with Gasteiger partial charge in [-0.2, -0.15) is 0 Å². The number of ether oxygens (including phenoxy) is 2. The molecule has 0 unspecified atom stereocenters. The minimum atomic E-state index is -0.467. The number of para-hydroxylation sites is 2. The number of aromatic nitrogens is 1. The van der Waals surface area contributed by atoms with Gasteiger partial charge in [-0.25, -0.2) is 4.79 Å². The van der Waals surface area contributed by atoms with Crippen LogP contribution in [0.2, 0.25) is 0 Å². The molecule has 22 heavy (non-hydrogen) atoms. The Bertz CT molecular complexity index is 799. The molecule has 0 radical (unpaired) electrons. The Morgan fingerprint density at radius 1 is 0.955 bits per heavy atom. The normalized spacial score (nSPS) is 9.86. The van der Waals surface area contributed by atoms with Gasteiger partial charge in [0.1, 0.15) is 16.8 Å². The van der Waals surface area contributed by atoms with E-state index in [2.05, 4.69) is 4.98 Å². The number of carbonyl (C=O) groups is 1. The number of fused-ring (bicyclic) bond motifs is 1. The first-order valence-corrected chi connectivity index (χ1v) is 6.48. The fraction of sp³-hybridized carbons (Fsp3) is 0.0588. The van der Waals surface area contributed by atoms with E-state index in [-0.39, 0.29) is 12.4 Å². The molecule has 3 aromatic rings. The molecule has 1 aromatic heterocycles. The second-order valence-electron chi connectivity index (χ2n) is 4.42. The maximum atomic E-state index is 12.3. The summed E-state index contributed by atoms with van der Waals surface area (Å²) in [6, 6.07) is 16.2. The van der Waals surface area contributed by atoms with Gasteiger partial charge in [-0.3, -0.25) is 4.98 Å². The Balaban J connectivity index is 0.00000176. The minimum Gasteiger partial charge on any atom is -0.496 e. The highest BCUT2D eigenvalue weighted by Crippen LogP contribution is 2.25. The first-order valence-electron chi connectivity index (χ1n) is 6.48. The van der Waals surface area contributed by atoms with E-state index in [0.717, 1.165) is 5.39 Å². The Morgan fingerprint density at radius 2 is 1.68 bits per heavy atom. The average Bonchev–Trinajstić information content (AvgIpc) is 2.55.